The third-order valence-electron chi connectivity index (χ3n) is 3.14. The molecule has 1 N–H and O–H groups in total. The molecular weight excluding hydrogens is 382 g/mol. The van der Waals surface area contributed by atoms with E-state index in [4.69, 9.17) is 4.84 Å². The van der Waals surface area contributed by atoms with Crippen molar-refractivity contribution in [2.24, 2.45) is 5.16 Å². The van der Waals surface area contributed by atoms with E-state index >= 15 is 0 Å². The second-order valence-corrected chi connectivity index (χ2v) is 8.19. The first kappa shape index (κ1) is 20.2. The van der Waals surface area contributed by atoms with Crippen LogP contribution < -0.4 is 4.72 Å². The van der Waals surface area contributed by atoms with Gasteiger partial charge in [-0.05, 0) is 38.1 Å². The molecule has 140 valence electrons. The molecule has 0 saturated heterocycles. The van der Waals surface area contributed by atoms with Crippen LogP contribution in [0.25, 0.3) is 0 Å². The lowest BCUT2D eigenvalue weighted by Gasteiger charge is -2.13. The smallest absolute Gasteiger partial charge is 0.229 e. The van der Waals surface area contributed by atoms with Gasteiger partial charge in [0.1, 0.15) is 18.2 Å². The summed E-state index contributed by atoms with van der Waals surface area (Å²) in [5, 5.41) is 3.94. The van der Waals surface area contributed by atoms with Gasteiger partial charge in [0.25, 0.3) is 0 Å². The van der Waals surface area contributed by atoms with E-state index in [1.54, 1.807) is 32.0 Å². The quantitative estimate of drug-likeness (QED) is 0.557. The third kappa shape index (κ3) is 5.70. The molecule has 0 heterocycles. The summed E-state index contributed by atoms with van der Waals surface area (Å²) in [6.45, 7) is 3.95. The van der Waals surface area contributed by atoms with Gasteiger partial charge in [-0.15, -0.1) is 0 Å². The molecule has 0 bridgehead atoms. The van der Waals surface area contributed by atoms with Crippen LogP contribution >= 0.6 is 11.8 Å². The van der Waals surface area contributed by atoms with Crippen LogP contribution in [0.1, 0.15) is 19.4 Å². The van der Waals surface area contributed by atoms with Gasteiger partial charge in [0.05, 0.1) is 17.7 Å². The Balaban J connectivity index is 2.47. The molecule has 9 heteroatoms. The fourth-order valence-electron chi connectivity index (χ4n) is 2.01. The van der Waals surface area contributed by atoms with Crippen LogP contribution in [0.2, 0.25) is 0 Å². The van der Waals surface area contributed by atoms with Crippen molar-refractivity contribution < 1.29 is 22.0 Å². The Morgan fingerprint density at radius 2 is 1.92 bits per heavy atom. The van der Waals surface area contributed by atoms with Gasteiger partial charge in [0.2, 0.25) is 10.0 Å². The van der Waals surface area contributed by atoms with Crippen LogP contribution in [-0.2, 0) is 14.9 Å². The molecule has 0 fully saturated rings. The van der Waals surface area contributed by atoms with Crippen LogP contribution in [-0.4, -0.2) is 27.0 Å². The molecule has 26 heavy (non-hydrogen) atoms. The van der Waals surface area contributed by atoms with E-state index < -0.39 is 21.7 Å². The summed E-state index contributed by atoms with van der Waals surface area (Å²) >= 11 is 0.981. The Bertz CT molecular complexity index is 932. The number of sulfonamides is 1. The second kappa shape index (κ2) is 8.50. The summed E-state index contributed by atoms with van der Waals surface area (Å²) in [5.74, 6) is -1.42. The highest BCUT2D eigenvalue weighted by Crippen LogP contribution is 2.36. The Morgan fingerprint density at radius 1 is 1.19 bits per heavy atom. The Kier molecular flexibility index (Phi) is 6.60. The average Bonchev–Trinajstić information content (AvgIpc) is 2.55. The number of oxime groups is 1. The first-order valence-electron chi connectivity index (χ1n) is 7.61. The zero-order chi connectivity index (χ0) is 19.3. The van der Waals surface area contributed by atoms with Crippen molar-refractivity contribution in [3.05, 3.63) is 53.6 Å². The van der Waals surface area contributed by atoms with Gasteiger partial charge < -0.3 is 4.84 Å². The number of nitrogens with one attached hydrogen (secondary N) is 1. The highest BCUT2D eigenvalue weighted by molar-refractivity contribution is 7.99. The number of rotatable bonds is 7. The molecular formula is C17H18F2N2O3S2. The van der Waals surface area contributed by atoms with Gasteiger partial charge >= 0.3 is 0 Å². The number of hydrogen-bond donors (Lipinski definition) is 1. The van der Waals surface area contributed by atoms with Gasteiger partial charge in [-0.3, -0.25) is 4.72 Å². The van der Waals surface area contributed by atoms with E-state index in [1.807, 2.05) is 0 Å². The molecule has 2 rings (SSSR count). The van der Waals surface area contributed by atoms with Crippen molar-refractivity contribution in [1.82, 2.24) is 0 Å². The highest BCUT2D eigenvalue weighted by Gasteiger charge is 2.14. The minimum Gasteiger partial charge on any atom is -0.396 e. The number of benzene rings is 2. The monoisotopic (exact) mass is 400 g/mol. The molecule has 0 aliphatic carbocycles. The maximum Gasteiger partial charge on any atom is 0.229 e. The van der Waals surface area contributed by atoms with Crippen LogP contribution in [0.4, 0.5) is 14.5 Å². The van der Waals surface area contributed by atoms with E-state index in [2.05, 4.69) is 9.88 Å². The topological polar surface area (TPSA) is 67.8 Å². The van der Waals surface area contributed by atoms with Gasteiger partial charge in [0, 0.05) is 21.4 Å². The summed E-state index contributed by atoms with van der Waals surface area (Å²) in [6.07, 6.45) is 1.02. The number of halogens is 2. The Morgan fingerprint density at radius 3 is 2.54 bits per heavy atom. The van der Waals surface area contributed by atoms with Crippen molar-refractivity contribution in [2.45, 2.75) is 23.6 Å². The average molecular weight is 400 g/mol. The van der Waals surface area contributed by atoms with Crippen molar-refractivity contribution >= 4 is 33.2 Å². The molecule has 0 aliphatic heterocycles. The van der Waals surface area contributed by atoms with E-state index in [1.165, 1.54) is 6.07 Å². The van der Waals surface area contributed by atoms with E-state index in [-0.39, 0.29) is 10.6 Å². The third-order valence-corrected chi connectivity index (χ3v) is 4.84. The van der Waals surface area contributed by atoms with Crippen molar-refractivity contribution in [3.63, 3.8) is 0 Å². The normalized spacial score (nSPS) is 12.1. The lowest BCUT2D eigenvalue weighted by Crippen LogP contribution is -2.11. The summed E-state index contributed by atoms with van der Waals surface area (Å²) in [5.41, 5.74) is 1.55. The summed E-state index contributed by atoms with van der Waals surface area (Å²) in [4.78, 5) is 5.63. The fraction of sp³-hybridized carbons (Fsp3) is 0.235. The molecule has 0 amide bonds. The summed E-state index contributed by atoms with van der Waals surface area (Å²) in [7, 11) is -3.53. The van der Waals surface area contributed by atoms with Crippen LogP contribution in [0.15, 0.2) is 51.3 Å². The van der Waals surface area contributed by atoms with E-state index in [0.717, 1.165) is 30.2 Å². The zero-order valence-electron chi connectivity index (χ0n) is 14.4. The van der Waals surface area contributed by atoms with E-state index in [9.17, 15) is 17.2 Å². The van der Waals surface area contributed by atoms with Gasteiger partial charge in [-0.25, -0.2) is 17.2 Å². The van der Waals surface area contributed by atoms with Crippen molar-refractivity contribution in [3.8, 4) is 0 Å². The highest BCUT2D eigenvalue weighted by atomic mass is 32.2. The summed E-state index contributed by atoms with van der Waals surface area (Å²) in [6, 6.07) is 8.12. The summed E-state index contributed by atoms with van der Waals surface area (Å²) < 4.78 is 52.7. The molecule has 0 radical (unpaired) electrons. The molecule has 5 nitrogen and oxygen atoms in total. The van der Waals surface area contributed by atoms with Gasteiger partial charge in [-0.1, -0.05) is 23.0 Å². The maximum absolute atomic E-state index is 14.0. The molecule has 0 atom stereocenters. The van der Waals surface area contributed by atoms with Crippen LogP contribution in [0.5, 0.6) is 0 Å². The number of hydrogen-bond acceptors (Lipinski definition) is 5. The van der Waals surface area contributed by atoms with Crippen molar-refractivity contribution in [2.75, 3.05) is 17.6 Å². The lowest BCUT2D eigenvalue weighted by atomic mass is 10.1. The molecule has 0 spiro atoms. The molecule has 0 aliphatic rings. The fourth-order valence-corrected chi connectivity index (χ4v) is 3.59. The predicted molar refractivity (Wildman–Crippen MR) is 99.2 cm³/mol. The lowest BCUT2D eigenvalue weighted by molar-refractivity contribution is 0.159. The molecule has 0 unspecified atom stereocenters. The first-order chi connectivity index (χ1) is 12.2. The Hall–Kier alpha value is -2.13. The van der Waals surface area contributed by atoms with Gasteiger partial charge in [-0.2, -0.15) is 0 Å². The predicted octanol–water partition coefficient (Wildman–Crippen LogP) is 4.25. The molecule has 0 saturated carbocycles. The van der Waals surface area contributed by atoms with Gasteiger partial charge in [0.15, 0.2) is 0 Å². The number of nitrogens with zero attached hydrogens (tertiary/aromatic N) is 1. The largest absolute Gasteiger partial charge is 0.396 e. The standard InChI is InChI=1S/C17H18F2N2O3S2/c1-4-24-20-11(2)12-5-7-15(21-26(3,22)23)17(9-12)25-16-8-6-13(18)10-14(16)19/h5-10,21H,4H2,1-3H3/b20-11+. The van der Waals surface area contributed by atoms with Crippen LogP contribution in [0, 0.1) is 11.6 Å². The first-order valence-corrected chi connectivity index (χ1v) is 10.3. The van der Waals surface area contributed by atoms with Crippen molar-refractivity contribution in [1.29, 1.82) is 0 Å². The second-order valence-electron chi connectivity index (χ2n) is 5.36. The SMILES string of the molecule is CCO/N=C(\C)c1ccc(NS(C)(=O)=O)c(Sc2ccc(F)cc2F)c1. The zero-order valence-corrected chi connectivity index (χ0v) is 16.0. The maximum atomic E-state index is 14.0. The minimum absolute atomic E-state index is 0.166. The molecule has 2 aromatic carbocycles. The number of anilines is 1. The molecule has 2 aromatic rings. The molecule has 0 aromatic heterocycles. The Labute approximate surface area is 155 Å². The van der Waals surface area contributed by atoms with E-state index in [0.29, 0.717) is 22.8 Å². The van der Waals surface area contributed by atoms with Crippen LogP contribution in [0.3, 0.4) is 0 Å². The minimum atomic E-state index is -3.53.